The number of carbonyl (C=O) groups is 1. The molecule has 3 atom stereocenters. The van der Waals surface area contributed by atoms with E-state index in [-0.39, 0.29) is 19.8 Å². The van der Waals surface area contributed by atoms with E-state index < -0.39 is 36.4 Å². The largest absolute Gasteiger partial charge is 0.573 e. The number of rotatable bonds is 10. The fraction of sp³-hybridized carbons (Fsp3) is 0.562. The van der Waals surface area contributed by atoms with Crippen molar-refractivity contribution in [1.29, 1.82) is 0 Å². The van der Waals surface area contributed by atoms with Crippen molar-refractivity contribution in [3.05, 3.63) is 29.8 Å². The molecular weight excluding hydrogens is 361 g/mol. The molecule has 10 heteroatoms. The number of benzene rings is 1. The number of methoxy groups -OCH3 is 1. The van der Waals surface area contributed by atoms with Gasteiger partial charge in [-0.2, -0.15) is 0 Å². The fourth-order valence-electron chi connectivity index (χ4n) is 2.07. The quantitative estimate of drug-likeness (QED) is 0.472. The predicted molar refractivity (Wildman–Crippen MR) is 82.1 cm³/mol. The topological polar surface area (TPSA) is 94.5 Å². The molecule has 0 radical (unpaired) electrons. The lowest BCUT2D eigenvalue weighted by molar-refractivity contribution is -0.274. The van der Waals surface area contributed by atoms with Gasteiger partial charge in [0, 0.05) is 13.5 Å². The Bertz CT molecular complexity index is 548. The first kappa shape index (κ1) is 22.2. The smallest absolute Gasteiger partial charge is 0.464 e. The van der Waals surface area contributed by atoms with E-state index in [2.05, 4.69) is 9.47 Å². The third-order valence-corrected chi connectivity index (χ3v) is 3.22. The monoisotopic (exact) mass is 382 g/mol. The minimum absolute atomic E-state index is 0.0346. The van der Waals surface area contributed by atoms with Crippen LogP contribution in [0, 0.1) is 0 Å². The molecule has 0 amide bonds. The Morgan fingerprint density at radius 2 is 1.81 bits per heavy atom. The molecule has 0 aliphatic carbocycles. The standard InChI is InChI=1S/C16H21F3O7/c1-3-24-15(22)14(21)12(20)8-13(25-9-23-2)10-4-6-11(7-5-10)26-16(17,18)19/h4-7,12-14,20-21H,3,8-9H2,1-2H3. The number of aliphatic hydroxyl groups is 2. The van der Waals surface area contributed by atoms with Gasteiger partial charge in [0.05, 0.1) is 18.8 Å². The summed E-state index contributed by atoms with van der Waals surface area (Å²) in [4.78, 5) is 11.5. The summed E-state index contributed by atoms with van der Waals surface area (Å²) in [5.74, 6) is -1.40. The molecule has 26 heavy (non-hydrogen) atoms. The van der Waals surface area contributed by atoms with Crippen molar-refractivity contribution in [3.8, 4) is 5.75 Å². The molecule has 1 rings (SSSR count). The molecule has 0 saturated carbocycles. The Balaban J connectivity index is 2.84. The van der Waals surface area contributed by atoms with Gasteiger partial charge >= 0.3 is 12.3 Å². The van der Waals surface area contributed by atoms with Gasteiger partial charge in [-0.3, -0.25) is 0 Å². The molecule has 1 aromatic carbocycles. The zero-order valence-electron chi connectivity index (χ0n) is 14.2. The van der Waals surface area contributed by atoms with E-state index in [9.17, 15) is 28.2 Å². The van der Waals surface area contributed by atoms with Gasteiger partial charge in [-0.05, 0) is 24.6 Å². The zero-order chi connectivity index (χ0) is 19.7. The van der Waals surface area contributed by atoms with Crippen molar-refractivity contribution in [3.63, 3.8) is 0 Å². The number of ether oxygens (including phenoxy) is 4. The summed E-state index contributed by atoms with van der Waals surface area (Å²) in [6, 6.07) is 4.79. The molecule has 7 nitrogen and oxygen atoms in total. The van der Waals surface area contributed by atoms with Crippen LogP contribution >= 0.6 is 0 Å². The number of alkyl halides is 3. The van der Waals surface area contributed by atoms with Crippen molar-refractivity contribution >= 4 is 5.97 Å². The fourth-order valence-corrected chi connectivity index (χ4v) is 2.07. The Morgan fingerprint density at radius 1 is 1.19 bits per heavy atom. The van der Waals surface area contributed by atoms with Crippen LogP contribution in [0.5, 0.6) is 5.75 Å². The molecule has 3 unspecified atom stereocenters. The third kappa shape index (κ3) is 7.56. The molecular formula is C16H21F3O7. The summed E-state index contributed by atoms with van der Waals surface area (Å²) >= 11 is 0. The van der Waals surface area contributed by atoms with Crippen LogP contribution in [0.2, 0.25) is 0 Å². The molecule has 0 spiro atoms. The lowest BCUT2D eigenvalue weighted by atomic mass is 10.00. The minimum atomic E-state index is -4.81. The molecule has 2 N–H and O–H groups in total. The zero-order valence-corrected chi connectivity index (χ0v) is 14.2. The predicted octanol–water partition coefficient (Wildman–Crippen LogP) is 1.92. The summed E-state index contributed by atoms with van der Waals surface area (Å²) in [5.41, 5.74) is 0.395. The van der Waals surface area contributed by atoms with Crippen LogP contribution in [0.15, 0.2) is 24.3 Å². The number of carbonyl (C=O) groups excluding carboxylic acids is 1. The van der Waals surface area contributed by atoms with E-state index in [1.165, 1.54) is 19.2 Å². The van der Waals surface area contributed by atoms with Gasteiger partial charge in [-0.15, -0.1) is 13.2 Å². The highest BCUT2D eigenvalue weighted by Gasteiger charge is 2.32. The Morgan fingerprint density at radius 3 is 2.31 bits per heavy atom. The van der Waals surface area contributed by atoms with Crippen LogP contribution < -0.4 is 4.74 Å². The summed E-state index contributed by atoms with van der Waals surface area (Å²) in [7, 11) is 1.36. The molecule has 0 aliphatic rings. The maximum atomic E-state index is 12.2. The molecule has 0 saturated heterocycles. The average molecular weight is 382 g/mol. The summed E-state index contributed by atoms with van der Waals surface area (Å²) in [6.45, 7) is 1.41. The van der Waals surface area contributed by atoms with Gasteiger partial charge in [0.2, 0.25) is 0 Å². The second-order valence-corrected chi connectivity index (χ2v) is 5.18. The molecule has 0 heterocycles. The number of esters is 1. The highest BCUT2D eigenvalue weighted by atomic mass is 19.4. The van der Waals surface area contributed by atoms with Crippen LogP contribution in [-0.2, 0) is 19.0 Å². The molecule has 148 valence electrons. The average Bonchev–Trinajstić information content (AvgIpc) is 2.57. The molecule has 0 aliphatic heterocycles. The number of hydrogen-bond acceptors (Lipinski definition) is 7. The van der Waals surface area contributed by atoms with Crippen molar-refractivity contribution in [2.45, 2.75) is 38.0 Å². The molecule has 0 fully saturated rings. The minimum Gasteiger partial charge on any atom is -0.464 e. The van der Waals surface area contributed by atoms with Crippen molar-refractivity contribution < 1.29 is 47.1 Å². The second kappa shape index (κ2) is 10.3. The van der Waals surface area contributed by atoms with Gasteiger partial charge in [0.25, 0.3) is 0 Å². The Hall–Kier alpha value is -1.88. The highest BCUT2D eigenvalue weighted by Crippen LogP contribution is 2.28. The third-order valence-electron chi connectivity index (χ3n) is 3.22. The van der Waals surface area contributed by atoms with Crippen LogP contribution in [0.3, 0.4) is 0 Å². The van der Waals surface area contributed by atoms with Gasteiger partial charge < -0.3 is 29.2 Å². The van der Waals surface area contributed by atoms with E-state index in [0.29, 0.717) is 5.56 Å². The van der Waals surface area contributed by atoms with Gasteiger partial charge in [0.15, 0.2) is 6.10 Å². The maximum Gasteiger partial charge on any atom is 0.573 e. The summed E-state index contributed by atoms with van der Waals surface area (Å²) in [6.07, 6.45) is -9.18. The second-order valence-electron chi connectivity index (χ2n) is 5.18. The van der Waals surface area contributed by atoms with E-state index in [0.717, 1.165) is 12.1 Å². The summed E-state index contributed by atoms with van der Waals surface area (Å²) in [5, 5.41) is 19.8. The van der Waals surface area contributed by atoms with Crippen molar-refractivity contribution in [2.24, 2.45) is 0 Å². The molecule has 0 bridgehead atoms. The number of halogens is 3. The van der Waals surface area contributed by atoms with E-state index in [1.807, 2.05) is 0 Å². The maximum absolute atomic E-state index is 12.2. The van der Waals surface area contributed by atoms with Crippen LogP contribution in [0.25, 0.3) is 0 Å². The van der Waals surface area contributed by atoms with Gasteiger partial charge in [-0.1, -0.05) is 12.1 Å². The van der Waals surface area contributed by atoms with Crippen molar-refractivity contribution in [1.82, 2.24) is 0 Å². The normalized spacial score (nSPS) is 15.2. The lowest BCUT2D eigenvalue weighted by Gasteiger charge is -2.23. The number of aliphatic hydroxyl groups excluding tert-OH is 2. The van der Waals surface area contributed by atoms with E-state index >= 15 is 0 Å². The summed E-state index contributed by atoms with van der Waals surface area (Å²) < 4.78 is 55.1. The SMILES string of the molecule is CCOC(=O)C(O)C(O)CC(OCOC)c1ccc(OC(F)(F)F)cc1. The highest BCUT2D eigenvalue weighted by molar-refractivity contribution is 5.75. The molecule has 1 aromatic rings. The first-order valence-corrected chi connectivity index (χ1v) is 7.67. The first-order valence-electron chi connectivity index (χ1n) is 7.67. The molecule has 0 aromatic heterocycles. The van der Waals surface area contributed by atoms with E-state index in [4.69, 9.17) is 9.47 Å². The lowest BCUT2D eigenvalue weighted by Crippen LogP contribution is -2.36. The Kier molecular flexibility index (Phi) is 8.79. The van der Waals surface area contributed by atoms with Crippen LogP contribution in [0.1, 0.15) is 25.0 Å². The Labute approximate surface area is 148 Å². The van der Waals surface area contributed by atoms with Gasteiger partial charge in [-0.25, -0.2) is 4.79 Å². The van der Waals surface area contributed by atoms with Gasteiger partial charge in [0.1, 0.15) is 12.5 Å². The van der Waals surface area contributed by atoms with Crippen LogP contribution in [0.4, 0.5) is 13.2 Å². The first-order chi connectivity index (χ1) is 12.2. The van der Waals surface area contributed by atoms with E-state index in [1.54, 1.807) is 6.92 Å². The van der Waals surface area contributed by atoms with Crippen molar-refractivity contribution in [2.75, 3.05) is 20.5 Å². The van der Waals surface area contributed by atoms with Crippen LogP contribution in [-0.4, -0.2) is 55.3 Å². The number of hydrogen-bond donors (Lipinski definition) is 2.